The molecule has 1 fully saturated rings. The number of hydrogen-bond acceptors (Lipinski definition) is 8. The number of anilines is 2. The maximum atomic E-state index is 14.8. The summed E-state index contributed by atoms with van der Waals surface area (Å²) in [6.45, 7) is 2.64. The Morgan fingerprint density at radius 3 is 2.97 bits per heavy atom. The van der Waals surface area contributed by atoms with Crippen LogP contribution in [0.25, 0.3) is 5.52 Å². The van der Waals surface area contributed by atoms with Crippen molar-refractivity contribution in [3.63, 3.8) is 0 Å². The Hall–Kier alpha value is -3.55. The van der Waals surface area contributed by atoms with E-state index in [4.69, 9.17) is 14.2 Å². The number of nitrogens with zero attached hydrogens (tertiary/aromatic N) is 4. The lowest BCUT2D eigenvalue weighted by atomic mass is 10.1. The molecule has 0 aromatic carbocycles. The average Bonchev–Trinajstić information content (AvgIpc) is 3.45. The fourth-order valence-corrected chi connectivity index (χ4v) is 3.23. The number of rotatable bonds is 8. The molecule has 3 N–H and O–H groups in total. The molecule has 3 atom stereocenters. The van der Waals surface area contributed by atoms with E-state index in [0.29, 0.717) is 22.8 Å². The average molecular weight is 469 g/mol. The topological polar surface area (TPSA) is 128 Å². The van der Waals surface area contributed by atoms with Crippen molar-refractivity contribution in [3.8, 4) is 5.88 Å². The highest BCUT2D eigenvalue weighted by Crippen LogP contribution is 2.34. The van der Waals surface area contributed by atoms with Crippen LogP contribution in [0.15, 0.2) is 24.5 Å². The Balaban J connectivity index is 1.43. The van der Waals surface area contributed by atoms with Gasteiger partial charge in [-0.1, -0.05) is 0 Å². The molecule has 0 radical (unpaired) electrons. The molecule has 0 bridgehead atoms. The molecule has 1 aliphatic rings. The fourth-order valence-electron chi connectivity index (χ4n) is 3.23. The second-order valence-electron chi connectivity index (χ2n) is 7.57. The Labute approximate surface area is 185 Å². The van der Waals surface area contributed by atoms with Crippen LogP contribution in [-0.4, -0.2) is 68.8 Å². The molecular formula is C19H22F3N7O4. The summed E-state index contributed by atoms with van der Waals surface area (Å²) in [7, 11) is 0. The zero-order chi connectivity index (χ0) is 23.5. The van der Waals surface area contributed by atoms with Crippen molar-refractivity contribution in [2.45, 2.75) is 44.7 Å². The number of carbonyl (C=O) groups is 1. The van der Waals surface area contributed by atoms with Crippen molar-refractivity contribution in [2.75, 3.05) is 18.5 Å². The Morgan fingerprint density at radius 1 is 1.39 bits per heavy atom. The Bertz CT molecular complexity index is 1110. The monoisotopic (exact) mass is 469 g/mol. The Morgan fingerprint density at radius 2 is 2.21 bits per heavy atom. The zero-order valence-electron chi connectivity index (χ0n) is 17.7. The lowest BCUT2D eigenvalue weighted by molar-refractivity contribution is 0.0615. The standard InChI is InChI=1S/C19H22F3N7O4/c1-9(2)24-19(30)33-12-7-32-17(16(12)22)10-5-14(27-26-10)25-18-11-6-15(31-8-13(20)21)28-29(11)4-3-23-18/h3-6,9,12-13,16-17H,7-8H2,1-2H3,(H,24,30)(H2,23,25,26,27)/t12-,16-,17-/m1/s1. The molecule has 1 amide bonds. The summed E-state index contributed by atoms with van der Waals surface area (Å²) >= 11 is 0. The number of fused-ring (bicyclic) bond motifs is 1. The molecule has 33 heavy (non-hydrogen) atoms. The van der Waals surface area contributed by atoms with Crippen LogP contribution in [0.2, 0.25) is 0 Å². The number of amides is 1. The first-order chi connectivity index (χ1) is 15.8. The molecular weight excluding hydrogens is 447 g/mol. The first-order valence-corrected chi connectivity index (χ1v) is 10.1. The van der Waals surface area contributed by atoms with Crippen LogP contribution < -0.4 is 15.4 Å². The zero-order valence-corrected chi connectivity index (χ0v) is 17.7. The minimum absolute atomic E-state index is 0.0150. The third-order valence-corrected chi connectivity index (χ3v) is 4.62. The van der Waals surface area contributed by atoms with Crippen molar-refractivity contribution in [3.05, 3.63) is 30.2 Å². The second kappa shape index (κ2) is 9.52. The van der Waals surface area contributed by atoms with Crippen LogP contribution in [0.1, 0.15) is 25.6 Å². The molecule has 0 unspecified atom stereocenters. The molecule has 1 aliphatic heterocycles. The maximum Gasteiger partial charge on any atom is 0.407 e. The van der Waals surface area contributed by atoms with Crippen LogP contribution in [-0.2, 0) is 9.47 Å². The molecule has 14 heteroatoms. The lowest BCUT2D eigenvalue weighted by Gasteiger charge is -2.16. The van der Waals surface area contributed by atoms with Gasteiger partial charge in [0.05, 0.1) is 12.3 Å². The summed E-state index contributed by atoms with van der Waals surface area (Å²) in [6.07, 6.45) is -4.01. The number of ether oxygens (including phenoxy) is 3. The minimum Gasteiger partial charge on any atom is -0.471 e. The fraction of sp³-hybridized carbons (Fsp3) is 0.474. The van der Waals surface area contributed by atoms with Crippen LogP contribution in [0, 0.1) is 0 Å². The van der Waals surface area contributed by atoms with Crippen molar-refractivity contribution in [1.29, 1.82) is 0 Å². The van der Waals surface area contributed by atoms with Gasteiger partial charge in [0, 0.05) is 30.6 Å². The predicted molar refractivity (Wildman–Crippen MR) is 108 cm³/mol. The molecule has 0 saturated carbocycles. The number of alkyl halides is 3. The highest BCUT2D eigenvalue weighted by Gasteiger charge is 2.42. The first kappa shape index (κ1) is 22.6. The van der Waals surface area contributed by atoms with E-state index in [-0.39, 0.29) is 18.5 Å². The van der Waals surface area contributed by atoms with Crippen LogP contribution in [0.4, 0.5) is 29.6 Å². The van der Waals surface area contributed by atoms with E-state index in [2.05, 4.69) is 30.9 Å². The van der Waals surface area contributed by atoms with E-state index < -0.39 is 37.5 Å². The summed E-state index contributed by atoms with van der Waals surface area (Å²) in [5.41, 5.74) is 0.790. The Kier molecular flexibility index (Phi) is 6.53. The van der Waals surface area contributed by atoms with E-state index in [1.807, 2.05) is 0 Å². The summed E-state index contributed by atoms with van der Waals surface area (Å²) in [5.74, 6) is 0.645. The van der Waals surface area contributed by atoms with Gasteiger partial charge in [-0.05, 0) is 13.8 Å². The number of aromatic nitrogens is 5. The van der Waals surface area contributed by atoms with Gasteiger partial charge in [0.2, 0.25) is 5.88 Å². The molecule has 4 heterocycles. The number of aromatic amines is 1. The van der Waals surface area contributed by atoms with Crippen LogP contribution in [0.3, 0.4) is 0 Å². The third-order valence-electron chi connectivity index (χ3n) is 4.62. The maximum absolute atomic E-state index is 14.8. The molecule has 4 rings (SSSR count). The minimum atomic E-state index is -2.63. The molecule has 1 saturated heterocycles. The largest absolute Gasteiger partial charge is 0.471 e. The highest BCUT2D eigenvalue weighted by molar-refractivity contribution is 5.72. The predicted octanol–water partition coefficient (Wildman–Crippen LogP) is 2.75. The van der Waals surface area contributed by atoms with E-state index in [1.54, 1.807) is 13.8 Å². The molecule has 0 aliphatic carbocycles. The van der Waals surface area contributed by atoms with Crippen molar-refractivity contribution in [1.82, 2.24) is 30.1 Å². The lowest BCUT2D eigenvalue weighted by Crippen LogP contribution is -2.36. The van der Waals surface area contributed by atoms with E-state index in [1.165, 1.54) is 29.0 Å². The summed E-state index contributed by atoms with van der Waals surface area (Å²) in [4.78, 5) is 15.9. The number of H-pyrrole nitrogens is 1. The van der Waals surface area contributed by atoms with E-state index in [9.17, 15) is 18.0 Å². The smallest absolute Gasteiger partial charge is 0.407 e. The molecule has 11 nitrogen and oxygen atoms in total. The third kappa shape index (κ3) is 5.27. The highest BCUT2D eigenvalue weighted by atomic mass is 19.3. The van der Waals surface area contributed by atoms with Gasteiger partial charge in [0.1, 0.15) is 11.6 Å². The van der Waals surface area contributed by atoms with Gasteiger partial charge in [0.15, 0.2) is 30.5 Å². The van der Waals surface area contributed by atoms with Gasteiger partial charge in [0.25, 0.3) is 6.43 Å². The normalized spacial score (nSPS) is 20.5. The van der Waals surface area contributed by atoms with Gasteiger partial charge >= 0.3 is 6.09 Å². The number of halogens is 3. The summed E-state index contributed by atoms with van der Waals surface area (Å²) < 4.78 is 56.5. The number of alkyl carbamates (subject to hydrolysis) is 1. The summed E-state index contributed by atoms with van der Waals surface area (Å²) in [5, 5.41) is 16.3. The van der Waals surface area contributed by atoms with Gasteiger partial charge in [-0.2, -0.15) is 5.10 Å². The van der Waals surface area contributed by atoms with Gasteiger partial charge in [-0.3, -0.25) is 5.10 Å². The molecule has 3 aromatic heterocycles. The molecule has 3 aromatic rings. The van der Waals surface area contributed by atoms with Crippen LogP contribution in [0.5, 0.6) is 5.88 Å². The quantitative estimate of drug-likeness (QED) is 0.460. The van der Waals surface area contributed by atoms with Gasteiger partial charge in [-0.15, -0.1) is 5.10 Å². The van der Waals surface area contributed by atoms with Crippen molar-refractivity contribution >= 4 is 23.2 Å². The molecule has 178 valence electrons. The van der Waals surface area contributed by atoms with Crippen molar-refractivity contribution < 1.29 is 32.2 Å². The summed E-state index contributed by atoms with van der Waals surface area (Å²) in [6, 6.07) is 2.84. The van der Waals surface area contributed by atoms with Gasteiger partial charge < -0.3 is 24.8 Å². The SMILES string of the molecule is CC(C)NC(=O)O[C@@H]1CO[C@H](c2cc(Nc3nccn4nc(OCC(F)F)cc34)n[nH]2)[C@@H]1F. The van der Waals surface area contributed by atoms with E-state index in [0.717, 1.165) is 0 Å². The van der Waals surface area contributed by atoms with Crippen molar-refractivity contribution in [2.24, 2.45) is 0 Å². The number of hydrogen-bond donors (Lipinski definition) is 3. The number of nitrogens with one attached hydrogen (secondary N) is 3. The molecule has 0 spiro atoms. The first-order valence-electron chi connectivity index (χ1n) is 10.1. The number of carbonyl (C=O) groups excluding carboxylic acids is 1. The van der Waals surface area contributed by atoms with Gasteiger partial charge in [-0.25, -0.2) is 27.5 Å². The van der Waals surface area contributed by atoms with E-state index >= 15 is 0 Å². The van der Waals surface area contributed by atoms with Crippen LogP contribution >= 0.6 is 0 Å². The second-order valence-corrected chi connectivity index (χ2v) is 7.57.